The third-order valence-corrected chi connectivity index (χ3v) is 2.25. The Labute approximate surface area is 83.2 Å². The summed E-state index contributed by atoms with van der Waals surface area (Å²) in [6, 6.07) is 1.99. The molecule has 2 rings (SSSR count). The lowest BCUT2D eigenvalue weighted by Crippen LogP contribution is -2.13. The fraction of sp³-hybridized carbons (Fsp3) is 0.455. The van der Waals surface area contributed by atoms with Crippen LogP contribution in [0.2, 0.25) is 0 Å². The largest absolute Gasteiger partial charge is 0.442 e. The topological polar surface area (TPSA) is 38.9 Å². The first-order valence-corrected chi connectivity index (χ1v) is 4.70. The third-order valence-electron chi connectivity index (χ3n) is 2.25. The van der Waals surface area contributed by atoms with Crippen LogP contribution >= 0.6 is 0 Å². The van der Waals surface area contributed by atoms with Crippen LogP contribution in [0.1, 0.15) is 32.2 Å². The Kier molecular flexibility index (Phi) is 1.84. The minimum atomic E-state index is 0.0535. The summed E-state index contributed by atoms with van der Waals surface area (Å²) in [6.07, 6.45) is 1.46. The molecule has 3 heteroatoms. The Balaban J connectivity index is 2.70. The van der Waals surface area contributed by atoms with E-state index in [1.54, 1.807) is 0 Å². The zero-order valence-electron chi connectivity index (χ0n) is 8.96. The molecular formula is C11H14N2O. The Hall–Kier alpha value is -1.38. The van der Waals surface area contributed by atoms with Crippen molar-refractivity contribution >= 4 is 11.1 Å². The van der Waals surface area contributed by atoms with E-state index in [1.165, 1.54) is 6.39 Å². The van der Waals surface area contributed by atoms with Gasteiger partial charge in [0.2, 0.25) is 0 Å². The number of nitrogens with zero attached hydrogens (tertiary/aromatic N) is 2. The summed E-state index contributed by atoms with van der Waals surface area (Å²) in [5.41, 5.74) is 3.69. The monoisotopic (exact) mass is 190 g/mol. The highest BCUT2D eigenvalue weighted by molar-refractivity contribution is 5.74. The molecule has 0 saturated carbocycles. The first-order valence-electron chi connectivity index (χ1n) is 4.70. The average Bonchev–Trinajstić information content (AvgIpc) is 2.50. The molecule has 2 heterocycles. The van der Waals surface area contributed by atoms with Gasteiger partial charge in [0.25, 0.3) is 0 Å². The molecule has 0 radical (unpaired) electrons. The van der Waals surface area contributed by atoms with Crippen molar-refractivity contribution in [2.24, 2.45) is 0 Å². The summed E-state index contributed by atoms with van der Waals surface area (Å²) in [5.74, 6) is 0. The quantitative estimate of drug-likeness (QED) is 0.641. The van der Waals surface area contributed by atoms with Gasteiger partial charge in [-0.25, -0.2) is 4.98 Å². The first kappa shape index (κ1) is 9.19. The van der Waals surface area contributed by atoms with Gasteiger partial charge in [0.05, 0.1) is 5.69 Å². The number of rotatable bonds is 0. The van der Waals surface area contributed by atoms with Gasteiger partial charge < -0.3 is 4.42 Å². The maximum atomic E-state index is 5.24. The molecule has 0 aromatic carbocycles. The van der Waals surface area contributed by atoms with E-state index in [1.807, 2.05) is 13.0 Å². The molecule has 3 nitrogen and oxygen atoms in total. The van der Waals surface area contributed by atoms with E-state index in [9.17, 15) is 0 Å². The predicted molar refractivity (Wildman–Crippen MR) is 55.2 cm³/mol. The standard InChI is InChI=1S/C11H14N2O/c1-7-10-8(12-6-14-10)5-9(13-7)11(2,3)4/h5-6H,1-4H3. The van der Waals surface area contributed by atoms with Crippen LogP contribution in [0.3, 0.4) is 0 Å². The number of oxazole rings is 1. The molecule has 0 aliphatic carbocycles. The number of aryl methyl sites for hydroxylation is 1. The molecule has 0 N–H and O–H groups in total. The summed E-state index contributed by atoms with van der Waals surface area (Å²) in [7, 11) is 0. The Bertz CT molecular complexity index is 466. The van der Waals surface area contributed by atoms with Gasteiger partial charge >= 0.3 is 0 Å². The van der Waals surface area contributed by atoms with Crippen LogP contribution in [0.25, 0.3) is 11.1 Å². The molecule has 0 unspecified atom stereocenters. The number of hydrogen-bond acceptors (Lipinski definition) is 3. The van der Waals surface area contributed by atoms with Crippen molar-refractivity contribution in [3.8, 4) is 0 Å². The van der Waals surface area contributed by atoms with Crippen LogP contribution in [0.5, 0.6) is 0 Å². The lowest BCUT2D eigenvalue weighted by Gasteiger charge is -2.17. The fourth-order valence-electron chi connectivity index (χ4n) is 1.41. The van der Waals surface area contributed by atoms with Gasteiger partial charge in [0.15, 0.2) is 12.0 Å². The molecule has 0 aliphatic heterocycles. The predicted octanol–water partition coefficient (Wildman–Crippen LogP) is 2.83. The number of aromatic nitrogens is 2. The van der Waals surface area contributed by atoms with E-state index in [2.05, 4.69) is 30.7 Å². The van der Waals surface area contributed by atoms with E-state index in [0.29, 0.717) is 0 Å². The van der Waals surface area contributed by atoms with Crippen molar-refractivity contribution in [3.05, 3.63) is 23.8 Å². The minimum absolute atomic E-state index is 0.0535. The Morgan fingerprint density at radius 1 is 1.29 bits per heavy atom. The molecule has 0 aliphatic rings. The highest BCUT2D eigenvalue weighted by Crippen LogP contribution is 2.24. The van der Waals surface area contributed by atoms with E-state index < -0.39 is 0 Å². The maximum absolute atomic E-state index is 5.24. The summed E-state index contributed by atoms with van der Waals surface area (Å²) in [5, 5.41) is 0. The van der Waals surface area contributed by atoms with Gasteiger partial charge in [-0.05, 0) is 13.0 Å². The molecular weight excluding hydrogens is 176 g/mol. The van der Waals surface area contributed by atoms with Gasteiger partial charge in [-0.15, -0.1) is 0 Å². The van der Waals surface area contributed by atoms with Crippen LogP contribution in [0, 0.1) is 6.92 Å². The molecule has 0 spiro atoms. The molecule has 0 saturated heterocycles. The zero-order valence-corrected chi connectivity index (χ0v) is 8.96. The second-order valence-electron chi connectivity index (χ2n) is 4.54. The summed E-state index contributed by atoms with van der Waals surface area (Å²) in [4.78, 5) is 8.66. The van der Waals surface area contributed by atoms with E-state index in [-0.39, 0.29) is 5.41 Å². The average molecular weight is 190 g/mol. The number of fused-ring (bicyclic) bond motifs is 1. The smallest absolute Gasteiger partial charge is 0.182 e. The minimum Gasteiger partial charge on any atom is -0.442 e. The lowest BCUT2D eigenvalue weighted by molar-refractivity contribution is 0.564. The highest BCUT2D eigenvalue weighted by atomic mass is 16.3. The normalized spacial score (nSPS) is 12.3. The van der Waals surface area contributed by atoms with E-state index >= 15 is 0 Å². The molecule has 0 bridgehead atoms. The van der Waals surface area contributed by atoms with Gasteiger partial charge in [0, 0.05) is 11.1 Å². The SMILES string of the molecule is Cc1nc(C(C)(C)C)cc2ncoc12. The van der Waals surface area contributed by atoms with Gasteiger partial charge in [-0.3, -0.25) is 4.98 Å². The van der Waals surface area contributed by atoms with Crippen molar-refractivity contribution in [2.45, 2.75) is 33.1 Å². The Morgan fingerprint density at radius 3 is 2.64 bits per heavy atom. The highest BCUT2D eigenvalue weighted by Gasteiger charge is 2.18. The second kappa shape index (κ2) is 2.80. The molecule has 0 fully saturated rings. The molecule has 0 amide bonds. The fourth-order valence-corrected chi connectivity index (χ4v) is 1.41. The summed E-state index contributed by atoms with van der Waals surface area (Å²) < 4.78 is 5.24. The Morgan fingerprint density at radius 2 is 2.00 bits per heavy atom. The van der Waals surface area contributed by atoms with Gasteiger partial charge in [0.1, 0.15) is 5.52 Å². The zero-order chi connectivity index (χ0) is 10.3. The molecule has 2 aromatic rings. The van der Waals surface area contributed by atoms with Crippen molar-refractivity contribution < 1.29 is 4.42 Å². The van der Waals surface area contributed by atoms with Crippen LogP contribution in [0.15, 0.2) is 16.9 Å². The molecule has 2 aromatic heterocycles. The van der Waals surface area contributed by atoms with Crippen LogP contribution in [-0.4, -0.2) is 9.97 Å². The van der Waals surface area contributed by atoms with Gasteiger partial charge in [-0.1, -0.05) is 20.8 Å². The van der Waals surface area contributed by atoms with Crippen LogP contribution in [-0.2, 0) is 5.41 Å². The van der Waals surface area contributed by atoms with Crippen LogP contribution < -0.4 is 0 Å². The van der Waals surface area contributed by atoms with Crippen molar-refractivity contribution in [1.82, 2.24) is 9.97 Å². The lowest BCUT2D eigenvalue weighted by atomic mass is 9.91. The number of pyridine rings is 1. The molecule has 74 valence electrons. The summed E-state index contributed by atoms with van der Waals surface area (Å²) in [6.45, 7) is 8.37. The van der Waals surface area contributed by atoms with Crippen molar-refractivity contribution in [2.75, 3.05) is 0 Å². The molecule has 14 heavy (non-hydrogen) atoms. The van der Waals surface area contributed by atoms with Gasteiger partial charge in [-0.2, -0.15) is 0 Å². The first-order chi connectivity index (χ1) is 6.48. The molecule has 0 atom stereocenters. The van der Waals surface area contributed by atoms with Crippen molar-refractivity contribution in [3.63, 3.8) is 0 Å². The van der Waals surface area contributed by atoms with E-state index in [4.69, 9.17) is 4.42 Å². The third kappa shape index (κ3) is 1.39. The number of hydrogen-bond donors (Lipinski definition) is 0. The summed E-state index contributed by atoms with van der Waals surface area (Å²) >= 11 is 0. The second-order valence-corrected chi connectivity index (χ2v) is 4.54. The van der Waals surface area contributed by atoms with Crippen LogP contribution in [0.4, 0.5) is 0 Å². The van der Waals surface area contributed by atoms with Crippen molar-refractivity contribution in [1.29, 1.82) is 0 Å². The maximum Gasteiger partial charge on any atom is 0.182 e. The van der Waals surface area contributed by atoms with E-state index in [0.717, 1.165) is 22.5 Å².